The van der Waals surface area contributed by atoms with Gasteiger partial charge >= 0.3 is 0 Å². The van der Waals surface area contributed by atoms with E-state index in [-0.39, 0.29) is 16.8 Å². The molecule has 0 aromatic heterocycles. The first-order valence-electron chi connectivity index (χ1n) is 5.97. The van der Waals surface area contributed by atoms with Crippen LogP contribution in [0.1, 0.15) is 34.6 Å². The zero-order valence-electron chi connectivity index (χ0n) is 11.0. The number of nitro groups is 1. The molecule has 0 bridgehead atoms. The summed E-state index contributed by atoms with van der Waals surface area (Å²) in [7, 11) is 0. The molecule has 4 nitrogen and oxygen atoms in total. The Morgan fingerprint density at radius 1 is 1.41 bits per heavy atom. The first kappa shape index (κ1) is 12.1. The molecule has 3 atom stereocenters. The van der Waals surface area contributed by atoms with Gasteiger partial charge in [0, 0.05) is 4.92 Å². The van der Waals surface area contributed by atoms with Gasteiger partial charge in [-0.1, -0.05) is 13.0 Å². The minimum absolute atomic E-state index is 0.122. The summed E-state index contributed by atoms with van der Waals surface area (Å²) in [6.07, 6.45) is 2.12. The maximum absolute atomic E-state index is 11.3. The van der Waals surface area contributed by atoms with E-state index in [9.17, 15) is 10.1 Å². The Kier molecular flexibility index (Phi) is 2.56. The monoisotopic (exact) mass is 237 g/mol. The predicted molar refractivity (Wildman–Crippen MR) is 65.1 cm³/mol. The average Bonchev–Trinajstić information content (AvgIpc) is 2.47. The van der Waals surface area contributed by atoms with Crippen molar-refractivity contribution in [2.75, 3.05) is 0 Å². The number of hydrogen-bond acceptors (Lipinski definition) is 3. The summed E-state index contributed by atoms with van der Waals surface area (Å²) in [4.78, 5) is 11.1. The van der Waals surface area contributed by atoms with E-state index in [2.05, 4.69) is 6.08 Å². The predicted octanol–water partition coefficient (Wildman–Crippen LogP) is 2.93. The minimum atomic E-state index is -0.725. The van der Waals surface area contributed by atoms with Crippen molar-refractivity contribution in [3.63, 3.8) is 0 Å². The molecular weight excluding hydrogens is 218 g/mol. The molecule has 0 aromatic carbocycles. The van der Waals surface area contributed by atoms with E-state index in [1.165, 1.54) is 5.57 Å². The molecule has 1 fully saturated rings. The molecule has 1 heterocycles. The zero-order chi connectivity index (χ0) is 13.0. The lowest BCUT2D eigenvalue weighted by Crippen LogP contribution is -2.43. The van der Waals surface area contributed by atoms with Crippen molar-refractivity contribution in [1.29, 1.82) is 0 Å². The van der Waals surface area contributed by atoms with Crippen LogP contribution in [0.3, 0.4) is 0 Å². The number of hydrogen-bond donors (Lipinski definition) is 0. The van der Waals surface area contributed by atoms with Crippen LogP contribution in [0, 0.1) is 22.0 Å². The van der Waals surface area contributed by atoms with Crippen LogP contribution in [-0.2, 0) is 4.74 Å². The van der Waals surface area contributed by atoms with Crippen molar-refractivity contribution in [3.05, 3.63) is 33.1 Å². The van der Waals surface area contributed by atoms with Crippen LogP contribution in [0.25, 0.3) is 0 Å². The molecule has 1 aliphatic heterocycles. The summed E-state index contributed by atoms with van der Waals surface area (Å²) in [5, 5.41) is 11.3. The molecule has 0 amide bonds. The third-order valence-electron chi connectivity index (χ3n) is 4.00. The highest BCUT2D eigenvalue weighted by molar-refractivity contribution is 5.38. The molecule has 2 aliphatic rings. The summed E-state index contributed by atoms with van der Waals surface area (Å²) in [5.41, 5.74) is 1.51. The standard InChI is InChI=1S/C13H19NO3/c1-7-6-8(2)10-11(9(7)3)17-13(4,5)12(10)14(15)16/h6,8,10,12H,1-5H3. The van der Waals surface area contributed by atoms with E-state index >= 15 is 0 Å². The Morgan fingerprint density at radius 3 is 2.53 bits per heavy atom. The Labute approximate surface area is 101 Å². The van der Waals surface area contributed by atoms with Gasteiger partial charge in [0.15, 0.2) is 5.60 Å². The van der Waals surface area contributed by atoms with Crippen LogP contribution < -0.4 is 0 Å². The second-order valence-corrected chi connectivity index (χ2v) is 5.66. The maximum Gasteiger partial charge on any atom is 0.261 e. The normalized spacial score (nSPS) is 35.1. The van der Waals surface area contributed by atoms with Crippen LogP contribution in [0.15, 0.2) is 23.0 Å². The molecule has 0 N–H and O–H groups in total. The molecule has 17 heavy (non-hydrogen) atoms. The molecule has 0 saturated carbocycles. The van der Waals surface area contributed by atoms with Gasteiger partial charge in [0.05, 0.1) is 5.92 Å². The average molecular weight is 237 g/mol. The van der Waals surface area contributed by atoms with Crippen LogP contribution in [-0.4, -0.2) is 16.6 Å². The molecule has 1 aliphatic carbocycles. The van der Waals surface area contributed by atoms with Gasteiger partial charge < -0.3 is 4.74 Å². The second kappa shape index (κ2) is 3.59. The van der Waals surface area contributed by atoms with Crippen LogP contribution in [0.5, 0.6) is 0 Å². The van der Waals surface area contributed by atoms with Gasteiger partial charge in [-0.05, 0) is 44.8 Å². The first-order valence-corrected chi connectivity index (χ1v) is 5.97. The largest absolute Gasteiger partial charge is 0.484 e. The molecule has 0 radical (unpaired) electrons. The Bertz CT molecular complexity index is 434. The highest BCUT2D eigenvalue weighted by Crippen LogP contribution is 2.48. The number of rotatable bonds is 1. The molecule has 2 rings (SSSR count). The lowest BCUT2D eigenvalue weighted by Gasteiger charge is -2.24. The third kappa shape index (κ3) is 1.66. The topological polar surface area (TPSA) is 52.4 Å². The molecule has 4 heteroatoms. The van der Waals surface area contributed by atoms with E-state index in [1.54, 1.807) is 13.8 Å². The maximum atomic E-state index is 11.3. The van der Waals surface area contributed by atoms with Gasteiger partial charge in [-0.15, -0.1) is 0 Å². The van der Waals surface area contributed by atoms with Crippen molar-refractivity contribution in [2.45, 2.75) is 46.3 Å². The van der Waals surface area contributed by atoms with E-state index < -0.39 is 11.6 Å². The molecule has 1 saturated heterocycles. The van der Waals surface area contributed by atoms with Gasteiger partial charge in [0.2, 0.25) is 0 Å². The molecule has 0 spiro atoms. The summed E-state index contributed by atoms with van der Waals surface area (Å²) in [6.45, 7) is 9.66. The molecule has 94 valence electrons. The fraction of sp³-hybridized carbons (Fsp3) is 0.692. The van der Waals surface area contributed by atoms with E-state index in [0.29, 0.717) is 0 Å². The fourth-order valence-electron chi connectivity index (χ4n) is 3.04. The Balaban J connectivity index is 2.52. The number of allylic oxidation sites excluding steroid dienone is 3. The highest BCUT2D eigenvalue weighted by Gasteiger charge is 2.58. The van der Waals surface area contributed by atoms with E-state index in [4.69, 9.17) is 4.74 Å². The van der Waals surface area contributed by atoms with Gasteiger partial charge in [0.1, 0.15) is 5.76 Å². The number of ether oxygens (including phenoxy) is 1. The van der Waals surface area contributed by atoms with Crippen LogP contribution in [0.2, 0.25) is 0 Å². The third-order valence-corrected chi connectivity index (χ3v) is 4.00. The fourth-order valence-corrected chi connectivity index (χ4v) is 3.04. The van der Waals surface area contributed by atoms with Crippen LogP contribution >= 0.6 is 0 Å². The molecule has 3 unspecified atom stereocenters. The minimum Gasteiger partial charge on any atom is -0.484 e. The highest BCUT2D eigenvalue weighted by atomic mass is 16.6. The van der Waals surface area contributed by atoms with Crippen molar-refractivity contribution in [1.82, 2.24) is 0 Å². The number of nitrogens with zero attached hydrogens (tertiary/aromatic N) is 1. The number of fused-ring (bicyclic) bond motifs is 1. The Hall–Kier alpha value is -1.32. The van der Waals surface area contributed by atoms with Gasteiger partial charge in [0.25, 0.3) is 6.04 Å². The van der Waals surface area contributed by atoms with Gasteiger partial charge in [-0.2, -0.15) is 0 Å². The summed E-state index contributed by atoms with van der Waals surface area (Å²) in [5.74, 6) is 0.860. The first-order chi connectivity index (χ1) is 7.75. The summed E-state index contributed by atoms with van der Waals surface area (Å²) < 4.78 is 5.88. The lowest BCUT2D eigenvalue weighted by molar-refractivity contribution is -0.543. The van der Waals surface area contributed by atoms with Gasteiger partial charge in [-0.25, -0.2) is 0 Å². The quantitative estimate of drug-likeness (QED) is 0.520. The summed E-state index contributed by atoms with van der Waals surface area (Å²) >= 11 is 0. The lowest BCUT2D eigenvalue weighted by atomic mass is 9.76. The molecular formula is C13H19NO3. The van der Waals surface area contributed by atoms with Crippen molar-refractivity contribution in [3.8, 4) is 0 Å². The summed E-state index contributed by atoms with van der Waals surface area (Å²) in [6, 6.07) is -0.660. The van der Waals surface area contributed by atoms with E-state index in [1.807, 2.05) is 20.8 Å². The second-order valence-electron chi connectivity index (χ2n) is 5.66. The Morgan fingerprint density at radius 2 is 2.00 bits per heavy atom. The van der Waals surface area contributed by atoms with Crippen molar-refractivity contribution >= 4 is 0 Å². The zero-order valence-corrected chi connectivity index (χ0v) is 11.0. The van der Waals surface area contributed by atoms with Crippen molar-refractivity contribution < 1.29 is 9.66 Å². The van der Waals surface area contributed by atoms with Crippen LogP contribution in [0.4, 0.5) is 0 Å². The SMILES string of the molecule is CC1=CC(C)C2C(=C1C)OC(C)(C)C2[N+](=O)[O-]. The van der Waals surface area contributed by atoms with Gasteiger partial charge in [-0.3, -0.25) is 10.1 Å². The smallest absolute Gasteiger partial charge is 0.261 e. The molecule has 0 aromatic rings. The van der Waals surface area contributed by atoms with Crippen molar-refractivity contribution in [2.24, 2.45) is 11.8 Å². The van der Waals surface area contributed by atoms with E-state index in [0.717, 1.165) is 11.3 Å².